The van der Waals surface area contributed by atoms with Gasteiger partial charge in [-0.2, -0.15) is 5.10 Å². The molecule has 0 unspecified atom stereocenters. The number of nitrogens with one attached hydrogen (secondary N) is 1. The molecule has 0 aliphatic carbocycles. The van der Waals surface area contributed by atoms with Crippen LogP contribution < -0.4 is 5.32 Å². The van der Waals surface area contributed by atoms with Gasteiger partial charge in [-0.25, -0.2) is 0 Å². The molecule has 1 aliphatic heterocycles. The maximum Gasteiger partial charge on any atom is 0.255 e. The summed E-state index contributed by atoms with van der Waals surface area (Å²) in [4.78, 5) is 12.5. The summed E-state index contributed by atoms with van der Waals surface area (Å²) in [5.41, 5.74) is 1.60. The number of aromatic nitrogens is 2. The van der Waals surface area contributed by atoms with E-state index in [1.807, 2.05) is 37.8 Å². The highest BCUT2D eigenvalue weighted by Gasteiger charge is 2.30. The fourth-order valence-corrected chi connectivity index (χ4v) is 3.06. The average Bonchev–Trinajstić information content (AvgIpc) is 3.14. The molecular weight excluding hydrogens is 294 g/mol. The van der Waals surface area contributed by atoms with Crippen molar-refractivity contribution >= 4 is 5.91 Å². The lowest BCUT2D eigenvalue weighted by Gasteiger charge is -2.31. The van der Waals surface area contributed by atoms with Crippen LogP contribution in [0.3, 0.4) is 0 Å². The first kappa shape index (κ1) is 15.8. The fraction of sp³-hybridized carbons (Fsp3) is 0.529. The molecule has 2 atom stereocenters. The van der Waals surface area contributed by atoms with Crippen molar-refractivity contribution in [3.05, 3.63) is 41.1 Å². The van der Waals surface area contributed by atoms with E-state index < -0.39 is 0 Å². The molecule has 6 nitrogen and oxygen atoms in total. The van der Waals surface area contributed by atoms with E-state index in [0.717, 1.165) is 30.7 Å². The molecule has 1 fully saturated rings. The molecule has 0 aromatic carbocycles. The van der Waals surface area contributed by atoms with Crippen LogP contribution in [-0.4, -0.2) is 28.3 Å². The Bertz CT molecular complexity index is 689. The molecule has 3 rings (SSSR count). The first-order chi connectivity index (χ1) is 11.1. The topological polar surface area (TPSA) is 69.3 Å². The number of nitrogens with zero attached hydrogens (tertiary/aromatic N) is 2. The van der Waals surface area contributed by atoms with Crippen molar-refractivity contribution < 1.29 is 13.9 Å². The van der Waals surface area contributed by atoms with Crippen LogP contribution in [0.25, 0.3) is 0 Å². The van der Waals surface area contributed by atoms with Crippen molar-refractivity contribution in [1.29, 1.82) is 0 Å². The molecule has 0 saturated carbocycles. The van der Waals surface area contributed by atoms with E-state index in [1.165, 1.54) is 0 Å². The molecule has 1 amide bonds. The zero-order valence-corrected chi connectivity index (χ0v) is 13.8. The molecule has 0 spiro atoms. The van der Waals surface area contributed by atoms with Crippen LogP contribution in [0.15, 0.2) is 22.9 Å². The van der Waals surface area contributed by atoms with Crippen molar-refractivity contribution in [2.75, 3.05) is 6.61 Å². The van der Waals surface area contributed by atoms with Crippen molar-refractivity contribution in [2.45, 2.75) is 52.3 Å². The summed E-state index contributed by atoms with van der Waals surface area (Å²) in [5, 5.41) is 7.41. The SMILES string of the molecule is CCn1cc([C@H]2OCCC[C@@H]2NC(=O)c2cc(C)oc2C)cn1. The Morgan fingerprint density at radius 2 is 2.30 bits per heavy atom. The van der Waals surface area contributed by atoms with Crippen LogP contribution in [0.1, 0.15) is 53.3 Å². The molecule has 2 aromatic heterocycles. The smallest absolute Gasteiger partial charge is 0.255 e. The minimum Gasteiger partial charge on any atom is -0.466 e. The van der Waals surface area contributed by atoms with E-state index in [0.29, 0.717) is 17.9 Å². The minimum absolute atomic E-state index is 0.0552. The maximum absolute atomic E-state index is 12.5. The molecule has 1 aliphatic rings. The van der Waals surface area contributed by atoms with Gasteiger partial charge in [0.2, 0.25) is 0 Å². The van der Waals surface area contributed by atoms with E-state index >= 15 is 0 Å². The number of aryl methyl sites for hydroxylation is 3. The zero-order chi connectivity index (χ0) is 16.4. The molecular formula is C17H23N3O3. The predicted molar refractivity (Wildman–Crippen MR) is 85.3 cm³/mol. The van der Waals surface area contributed by atoms with Crippen molar-refractivity contribution in [1.82, 2.24) is 15.1 Å². The minimum atomic E-state index is -0.152. The summed E-state index contributed by atoms with van der Waals surface area (Å²) >= 11 is 0. The second kappa shape index (κ2) is 6.58. The monoisotopic (exact) mass is 317 g/mol. The van der Waals surface area contributed by atoms with Crippen LogP contribution in [-0.2, 0) is 11.3 Å². The lowest BCUT2D eigenvalue weighted by molar-refractivity contribution is -0.00952. The second-order valence-electron chi connectivity index (χ2n) is 5.97. The van der Waals surface area contributed by atoms with Gasteiger partial charge in [-0.1, -0.05) is 0 Å². The highest BCUT2D eigenvalue weighted by molar-refractivity contribution is 5.95. The van der Waals surface area contributed by atoms with Gasteiger partial charge in [0, 0.05) is 24.9 Å². The van der Waals surface area contributed by atoms with Gasteiger partial charge < -0.3 is 14.5 Å². The maximum atomic E-state index is 12.5. The van der Waals surface area contributed by atoms with Crippen molar-refractivity contribution in [3.63, 3.8) is 0 Å². The Morgan fingerprint density at radius 3 is 2.96 bits per heavy atom. The number of hydrogen-bond donors (Lipinski definition) is 1. The third kappa shape index (κ3) is 3.32. The second-order valence-corrected chi connectivity index (χ2v) is 5.97. The van der Waals surface area contributed by atoms with E-state index in [4.69, 9.17) is 9.15 Å². The fourth-order valence-electron chi connectivity index (χ4n) is 3.06. The standard InChI is InChI=1S/C17H23N3O3/c1-4-20-10-13(9-18-20)16-15(6-5-7-22-16)19-17(21)14-8-11(2)23-12(14)3/h8-10,15-16H,4-7H2,1-3H3,(H,19,21)/t15-,16+/m0/s1. The molecule has 3 heterocycles. The number of rotatable bonds is 4. The summed E-state index contributed by atoms with van der Waals surface area (Å²) in [7, 11) is 0. The van der Waals surface area contributed by atoms with Gasteiger partial charge in [0.05, 0.1) is 17.8 Å². The quantitative estimate of drug-likeness (QED) is 0.941. The Hall–Kier alpha value is -2.08. The summed E-state index contributed by atoms with van der Waals surface area (Å²) in [6, 6.07) is 1.72. The average molecular weight is 317 g/mol. The van der Waals surface area contributed by atoms with Gasteiger partial charge in [0.15, 0.2) is 0 Å². The third-order valence-electron chi connectivity index (χ3n) is 4.23. The number of amides is 1. The van der Waals surface area contributed by atoms with E-state index in [1.54, 1.807) is 6.07 Å². The van der Waals surface area contributed by atoms with E-state index in [-0.39, 0.29) is 18.1 Å². The number of carbonyl (C=O) groups is 1. The predicted octanol–water partition coefficient (Wildman–Crippen LogP) is 2.76. The van der Waals surface area contributed by atoms with Crippen LogP contribution in [0, 0.1) is 13.8 Å². The Labute approximate surface area is 135 Å². The Morgan fingerprint density at radius 1 is 1.48 bits per heavy atom. The molecule has 0 bridgehead atoms. The van der Waals surface area contributed by atoms with Crippen molar-refractivity contribution in [2.24, 2.45) is 0 Å². The summed E-state index contributed by atoms with van der Waals surface area (Å²) in [5.74, 6) is 1.28. The first-order valence-electron chi connectivity index (χ1n) is 8.10. The zero-order valence-electron chi connectivity index (χ0n) is 13.8. The van der Waals surface area contributed by atoms with Crippen LogP contribution in [0.5, 0.6) is 0 Å². The largest absolute Gasteiger partial charge is 0.466 e. The first-order valence-corrected chi connectivity index (χ1v) is 8.10. The lowest BCUT2D eigenvalue weighted by Crippen LogP contribution is -2.42. The van der Waals surface area contributed by atoms with Crippen LogP contribution in [0.4, 0.5) is 0 Å². The molecule has 2 aromatic rings. The lowest BCUT2D eigenvalue weighted by atomic mass is 9.97. The van der Waals surface area contributed by atoms with Gasteiger partial charge in [-0.15, -0.1) is 0 Å². The highest BCUT2D eigenvalue weighted by Crippen LogP contribution is 2.28. The Balaban J connectivity index is 1.76. The van der Waals surface area contributed by atoms with Gasteiger partial charge in [-0.05, 0) is 39.7 Å². The summed E-state index contributed by atoms with van der Waals surface area (Å²) in [6.07, 6.45) is 5.49. The molecule has 1 saturated heterocycles. The third-order valence-corrected chi connectivity index (χ3v) is 4.23. The van der Waals surface area contributed by atoms with E-state index in [9.17, 15) is 4.79 Å². The van der Waals surface area contributed by atoms with Gasteiger partial charge in [0.1, 0.15) is 17.6 Å². The molecule has 1 N–H and O–H groups in total. The summed E-state index contributed by atoms with van der Waals surface area (Å²) in [6.45, 7) is 7.22. The Kier molecular flexibility index (Phi) is 4.52. The number of ether oxygens (including phenoxy) is 1. The van der Waals surface area contributed by atoms with Gasteiger partial charge in [-0.3, -0.25) is 9.48 Å². The summed E-state index contributed by atoms with van der Waals surface area (Å²) < 4.78 is 13.2. The normalized spacial score (nSPS) is 21.3. The molecule has 6 heteroatoms. The highest BCUT2D eigenvalue weighted by atomic mass is 16.5. The van der Waals surface area contributed by atoms with E-state index in [2.05, 4.69) is 10.4 Å². The molecule has 23 heavy (non-hydrogen) atoms. The van der Waals surface area contributed by atoms with Gasteiger partial charge >= 0.3 is 0 Å². The number of furan rings is 1. The van der Waals surface area contributed by atoms with Crippen LogP contribution in [0.2, 0.25) is 0 Å². The number of carbonyl (C=O) groups excluding carboxylic acids is 1. The molecule has 124 valence electrons. The molecule has 0 radical (unpaired) electrons. The van der Waals surface area contributed by atoms with Gasteiger partial charge in [0.25, 0.3) is 5.91 Å². The van der Waals surface area contributed by atoms with Crippen LogP contribution >= 0.6 is 0 Å². The van der Waals surface area contributed by atoms with Crippen molar-refractivity contribution in [3.8, 4) is 0 Å². The number of hydrogen-bond acceptors (Lipinski definition) is 4.